The van der Waals surface area contributed by atoms with Gasteiger partial charge in [0.05, 0.1) is 53.8 Å². The molecule has 29 heteroatoms. The van der Waals surface area contributed by atoms with Crippen LogP contribution in [0.3, 0.4) is 0 Å². The van der Waals surface area contributed by atoms with E-state index in [0.717, 1.165) is 128 Å². The molecule has 10 aromatic heterocycles. The van der Waals surface area contributed by atoms with Crippen molar-refractivity contribution in [3.63, 3.8) is 0 Å². The molecule has 0 amide bonds. The third kappa shape index (κ3) is 22.3. The number of anilines is 1. The van der Waals surface area contributed by atoms with Crippen LogP contribution in [0.2, 0.25) is 0 Å². The first-order valence-corrected chi connectivity index (χ1v) is 47.1. The summed E-state index contributed by atoms with van der Waals surface area (Å²) in [4.78, 5) is 42.8. The Balaban J connectivity index is 0.000000139. The van der Waals surface area contributed by atoms with E-state index in [2.05, 4.69) is 304 Å². The van der Waals surface area contributed by atoms with Gasteiger partial charge >= 0.3 is 0 Å². The molecular formula is C106H77Br2Cl2I3N16O4Pt2-4. The average molecular weight is 2640 g/mol. The fourth-order valence-electron chi connectivity index (χ4n) is 16.1. The quantitative estimate of drug-likeness (QED) is 0.0289. The van der Waals surface area contributed by atoms with Gasteiger partial charge in [0.2, 0.25) is 6.33 Å². The van der Waals surface area contributed by atoms with Gasteiger partial charge in [-0.3, -0.25) is 15.9 Å². The van der Waals surface area contributed by atoms with Crippen molar-refractivity contribution < 1.29 is 91.1 Å². The number of hydrogen-bond donors (Lipinski definition) is 1. The van der Waals surface area contributed by atoms with Crippen LogP contribution in [0.5, 0.6) is 34.5 Å². The minimum atomic E-state index is 0. The van der Waals surface area contributed by atoms with Gasteiger partial charge < -0.3 is 71.5 Å². The van der Waals surface area contributed by atoms with Crippen molar-refractivity contribution in [1.82, 2.24) is 67.2 Å². The SMILES string of the molecule is Brc1cccc(-n2ccnc2)c1.Brc1cccc(I)c1.CI.CN1C=CN(c2[c-]c(Oc3[c-]c4c5c(ccc6cccc(c65)n4-c4ccccn4)c3)ccc2)[CH-]1.C[n+]1ccn(-c2cccc(Oc3cc4ccc5cccc6c5c4c(c3)n6-c3ccccn3)c2)c1.ClCl.[2H][C-]=O.[I-].[Pt].[Pt].c1c[nH]cn1.c1ccc(-n2c3cccc4ccc5cc(Oc6cccc(-n7ccnc7)c6)cc2c5c43)nc1. The van der Waals surface area contributed by atoms with E-state index in [4.69, 9.17) is 20.4 Å². The fourth-order valence-corrected chi connectivity index (χ4v) is 17.8. The van der Waals surface area contributed by atoms with Crippen molar-refractivity contribution in [2.45, 2.75) is 0 Å². The predicted octanol–water partition coefficient (Wildman–Crippen LogP) is 24.7. The van der Waals surface area contributed by atoms with Crippen LogP contribution >= 0.6 is 98.8 Å². The Morgan fingerprint density at radius 2 is 0.911 bits per heavy atom. The molecule has 0 atom stereocenters. The molecular weight excluding hydrogens is 2560 g/mol. The van der Waals surface area contributed by atoms with E-state index in [9.17, 15) is 0 Å². The maximum Gasteiger partial charge on any atom is 0.248 e. The van der Waals surface area contributed by atoms with Crippen molar-refractivity contribution in [3.8, 4) is 69.0 Å². The Morgan fingerprint density at radius 3 is 1.36 bits per heavy atom. The molecule has 0 spiro atoms. The minimum absolute atomic E-state index is 0. The summed E-state index contributed by atoms with van der Waals surface area (Å²) in [6, 6.07) is 106. The number of aromatic amines is 1. The number of H-pyrrole nitrogens is 1. The molecule has 678 valence electrons. The first-order valence-electron chi connectivity index (χ1n) is 41.7. The van der Waals surface area contributed by atoms with E-state index in [1.165, 1.54) is 52.0 Å². The normalized spacial score (nSPS) is 11.2. The smallest absolute Gasteiger partial charge is 0.248 e. The molecule has 1 aliphatic heterocycles. The number of aromatic nitrogens is 14. The van der Waals surface area contributed by atoms with Gasteiger partial charge in [0.25, 0.3) is 0 Å². The predicted molar refractivity (Wildman–Crippen MR) is 555 cm³/mol. The zero-order valence-electron chi connectivity index (χ0n) is 72.7. The van der Waals surface area contributed by atoms with Crippen molar-refractivity contribution in [1.29, 1.82) is 0 Å². The molecule has 14 aromatic carbocycles. The van der Waals surface area contributed by atoms with Crippen LogP contribution in [0, 0.1) is 22.4 Å². The summed E-state index contributed by atoms with van der Waals surface area (Å²) in [5.74, 6) is 7.07. The molecule has 0 unspecified atom stereocenters. The molecule has 0 aliphatic carbocycles. The van der Waals surface area contributed by atoms with Gasteiger partial charge in [0, 0.05) is 201 Å². The molecule has 0 radical (unpaired) electrons. The van der Waals surface area contributed by atoms with Crippen LogP contribution in [0.1, 0.15) is 1.37 Å². The second kappa shape index (κ2) is 46.9. The number of rotatable bonds is 13. The number of ether oxygens (including phenoxy) is 3. The average Bonchev–Trinajstić information content (AvgIpc) is 1.57. The number of alkyl halides is 1. The molecule has 1 N–H and O–H groups in total. The Labute approximate surface area is 878 Å². The molecule has 20 nitrogen and oxygen atoms in total. The second-order valence-corrected chi connectivity index (χ2v) is 32.8. The number of nitrogens with one attached hydrogen (secondary N) is 1. The monoisotopic (exact) mass is 2640 g/mol. The number of aryl methyl sites for hydroxylation is 1. The van der Waals surface area contributed by atoms with E-state index in [0.29, 0.717) is 11.5 Å². The summed E-state index contributed by atoms with van der Waals surface area (Å²) in [6.45, 7) is 2.74. The van der Waals surface area contributed by atoms with Gasteiger partial charge in [-0.05, 0) is 207 Å². The maximum atomic E-state index is 8.35. The van der Waals surface area contributed by atoms with Gasteiger partial charge in [-0.25, -0.2) is 39.0 Å². The number of benzene rings is 14. The van der Waals surface area contributed by atoms with Gasteiger partial charge in [0.15, 0.2) is 0 Å². The van der Waals surface area contributed by atoms with Crippen LogP contribution < -0.4 is 47.7 Å². The van der Waals surface area contributed by atoms with Crippen LogP contribution in [0.15, 0.2) is 406 Å². The van der Waals surface area contributed by atoms with Gasteiger partial charge in [0.1, 0.15) is 58.5 Å². The molecule has 25 rings (SSSR count). The van der Waals surface area contributed by atoms with E-state index < -0.39 is 0 Å². The molecule has 135 heavy (non-hydrogen) atoms. The Kier molecular flexibility index (Phi) is 33.8. The zero-order chi connectivity index (χ0) is 91.7. The number of hydrogen-bond acceptors (Lipinski definition) is 12. The van der Waals surface area contributed by atoms with Crippen LogP contribution in [0.25, 0.3) is 132 Å². The van der Waals surface area contributed by atoms with Crippen molar-refractivity contribution >= 4 is 209 Å². The summed E-state index contributed by atoms with van der Waals surface area (Å²) in [7, 11) is 12.2. The Hall–Kier alpha value is -12.2. The van der Waals surface area contributed by atoms with Gasteiger partial charge in [-0.1, -0.05) is 181 Å². The minimum Gasteiger partial charge on any atom is -1.00 e. The first kappa shape index (κ1) is 97.4. The molecule has 11 heterocycles. The number of pyridine rings is 3. The number of imidazole rings is 4. The fraction of sp³-hybridized carbons (Fsp3) is 0.0283. The molecule has 0 saturated heterocycles. The molecule has 24 aromatic rings. The van der Waals surface area contributed by atoms with Crippen LogP contribution in [-0.4, -0.2) is 85.9 Å². The second-order valence-electron chi connectivity index (χ2n) is 29.7. The Morgan fingerprint density at radius 1 is 0.444 bits per heavy atom. The molecule has 0 saturated carbocycles. The van der Waals surface area contributed by atoms with E-state index >= 15 is 0 Å². The van der Waals surface area contributed by atoms with Gasteiger partial charge in [-0.15, -0.1) is 41.4 Å². The van der Waals surface area contributed by atoms with E-state index in [1.807, 2.05) is 263 Å². The zero-order valence-corrected chi connectivity index (χ0v) is 87.4. The molecule has 0 bridgehead atoms. The number of nitrogens with zero attached hydrogens (tertiary/aromatic N) is 15. The molecule has 1 aliphatic rings. The summed E-state index contributed by atoms with van der Waals surface area (Å²) in [6.07, 6.45) is 31.6. The van der Waals surface area contributed by atoms with Gasteiger partial charge in [-0.2, -0.15) is 14.1 Å². The summed E-state index contributed by atoms with van der Waals surface area (Å²) < 4.78 is 42.6. The topological polar surface area (TPSA) is 178 Å². The van der Waals surface area contributed by atoms with Crippen molar-refractivity contribution in [2.24, 2.45) is 7.05 Å². The number of halogens is 7. The van der Waals surface area contributed by atoms with Crippen LogP contribution in [-0.2, 0) is 54.0 Å². The summed E-state index contributed by atoms with van der Waals surface area (Å²) in [5, 5.41) is 14.4. The number of carbonyl (C=O) groups excluding carboxylic acids is 1. The van der Waals surface area contributed by atoms with Crippen molar-refractivity contribution in [3.05, 3.63) is 428 Å². The maximum absolute atomic E-state index is 8.35. The summed E-state index contributed by atoms with van der Waals surface area (Å²) in [5.41, 5.74) is 10.6. The summed E-state index contributed by atoms with van der Waals surface area (Å²) >= 11 is 11.2. The standard InChI is InChI=1S/C29H21N4O.C29H19N4O.C28H18N4O.C9H7BrN2.C6H4BrI.C3H4N2.CH3I.CHO.Cl2.HI.2Pt/c2*1-31-14-15-32(19-31)22-7-5-8-23(17-22)34-24-16-21-12-11-20-6-4-9-25-28(20)29(21)26(18-24)33(25)27-10-2-3-13-30-27;1-2-12-30-26(9-1)32-24-8-3-5-19-10-11-20-15-23(17-25(32)28(20)27(19)24)33-22-7-4-6-21(16-22)31-14-13-29-18-31;10-8-2-1-3-9(6-8)12-5-4-11-7-12;7-5-2-1-3-6(8)4-5;1-2-5-3-4-1;3*1-2;;;/h2-19H,1H3;2-16,19H,1H3;1-18H;1-7H;1-4H;1-3H,(H,4,5);1H3;1H;;1H;;/q+1;-3;;;;;;-1;;;;/p-1/i;;;;;;;1D;;;;. The first-order chi connectivity index (χ1) is 65.4. The largest absolute Gasteiger partial charge is 1.00 e. The third-order valence-corrected chi connectivity index (χ3v) is 23.1. The molecule has 0 fully saturated rings. The van der Waals surface area contributed by atoms with Crippen LogP contribution in [0.4, 0.5) is 5.69 Å². The van der Waals surface area contributed by atoms with E-state index in [-0.39, 0.29) is 66.1 Å². The van der Waals surface area contributed by atoms with E-state index in [1.54, 1.807) is 43.8 Å². The third-order valence-electron chi connectivity index (χ3n) is 21.5. The Bertz CT molecular complexity index is 7980. The van der Waals surface area contributed by atoms with Crippen molar-refractivity contribution in [2.75, 3.05) is 16.9 Å².